The second-order valence-electron chi connectivity index (χ2n) is 5.52. The SMILES string of the molecule is Cc1nc(NCc2cccc(C(F)F)c2F)c2cc(F)nc(C)c2n1. The maximum atomic E-state index is 14.1. The van der Waals surface area contributed by atoms with Crippen LogP contribution in [0.1, 0.15) is 29.1 Å². The van der Waals surface area contributed by atoms with Crippen LogP contribution in [0.5, 0.6) is 0 Å². The summed E-state index contributed by atoms with van der Waals surface area (Å²) in [6.45, 7) is 3.19. The normalized spacial score (nSPS) is 11.3. The number of aryl methyl sites for hydroxylation is 2. The zero-order chi connectivity index (χ0) is 18.1. The average Bonchev–Trinajstić information content (AvgIpc) is 2.54. The third-order valence-corrected chi connectivity index (χ3v) is 3.73. The Balaban J connectivity index is 1.98. The van der Waals surface area contributed by atoms with Crippen molar-refractivity contribution < 1.29 is 17.6 Å². The number of aromatic nitrogens is 3. The number of hydrogen-bond acceptors (Lipinski definition) is 4. The maximum absolute atomic E-state index is 14.1. The van der Waals surface area contributed by atoms with Gasteiger partial charge in [0.25, 0.3) is 6.43 Å². The van der Waals surface area contributed by atoms with Crippen LogP contribution in [0.2, 0.25) is 0 Å². The zero-order valence-corrected chi connectivity index (χ0v) is 13.4. The molecule has 25 heavy (non-hydrogen) atoms. The number of alkyl halides is 2. The van der Waals surface area contributed by atoms with Gasteiger partial charge in [-0.15, -0.1) is 0 Å². The number of pyridine rings is 1. The van der Waals surface area contributed by atoms with Crippen LogP contribution in [0, 0.1) is 25.6 Å². The average molecular weight is 350 g/mol. The van der Waals surface area contributed by atoms with Gasteiger partial charge in [0.15, 0.2) is 0 Å². The van der Waals surface area contributed by atoms with E-state index in [0.717, 1.165) is 6.07 Å². The lowest BCUT2D eigenvalue weighted by molar-refractivity contribution is 0.146. The van der Waals surface area contributed by atoms with Gasteiger partial charge in [0, 0.05) is 23.6 Å². The molecule has 0 saturated heterocycles. The fourth-order valence-electron chi connectivity index (χ4n) is 2.58. The topological polar surface area (TPSA) is 50.7 Å². The number of nitrogens with one attached hydrogen (secondary N) is 1. The lowest BCUT2D eigenvalue weighted by Crippen LogP contribution is -2.08. The summed E-state index contributed by atoms with van der Waals surface area (Å²) in [5, 5.41) is 3.27. The third kappa shape index (κ3) is 3.38. The summed E-state index contributed by atoms with van der Waals surface area (Å²) in [5.41, 5.74) is 0.273. The number of benzene rings is 1. The highest BCUT2D eigenvalue weighted by Gasteiger charge is 2.17. The third-order valence-electron chi connectivity index (χ3n) is 3.73. The van der Waals surface area contributed by atoms with Crippen LogP contribution in [0.25, 0.3) is 10.9 Å². The largest absolute Gasteiger partial charge is 0.365 e. The van der Waals surface area contributed by atoms with Crippen LogP contribution >= 0.6 is 0 Å². The molecule has 0 radical (unpaired) electrons. The van der Waals surface area contributed by atoms with Gasteiger partial charge < -0.3 is 5.32 Å². The molecule has 4 nitrogen and oxygen atoms in total. The van der Waals surface area contributed by atoms with Crippen LogP contribution < -0.4 is 5.32 Å². The molecule has 3 rings (SSSR count). The Morgan fingerprint density at radius 3 is 2.56 bits per heavy atom. The first-order valence-corrected chi connectivity index (χ1v) is 7.47. The predicted molar refractivity (Wildman–Crippen MR) is 85.4 cm³/mol. The first-order chi connectivity index (χ1) is 11.9. The van der Waals surface area contributed by atoms with Gasteiger partial charge in [-0.3, -0.25) is 0 Å². The molecule has 1 aromatic carbocycles. The Morgan fingerprint density at radius 2 is 1.84 bits per heavy atom. The molecule has 2 heterocycles. The maximum Gasteiger partial charge on any atom is 0.266 e. The van der Waals surface area contributed by atoms with E-state index < -0.39 is 23.8 Å². The highest BCUT2D eigenvalue weighted by molar-refractivity contribution is 5.90. The Morgan fingerprint density at radius 1 is 1.08 bits per heavy atom. The van der Waals surface area contributed by atoms with Gasteiger partial charge in [0.2, 0.25) is 5.95 Å². The van der Waals surface area contributed by atoms with Gasteiger partial charge in [-0.1, -0.05) is 18.2 Å². The molecule has 0 saturated carbocycles. The molecule has 0 aliphatic heterocycles. The molecular weight excluding hydrogens is 336 g/mol. The molecule has 0 aliphatic carbocycles. The van der Waals surface area contributed by atoms with E-state index in [4.69, 9.17) is 0 Å². The van der Waals surface area contributed by atoms with Crippen molar-refractivity contribution in [2.75, 3.05) is 5.32 Å². The van der Waals surface area contributed by atoms with Gasteiger partial charge in [-0.25, -0.2) is 28.1 Å². The van der Waals surface area contributed by atoms with Crippen molar-refractivity contribution >= 4 is 16.7 Å². The molecule has 1 N–H and O–H groups in total. The Labute approximate surface area is 141 Å². The van der Waals surface area contributed by atoms with E-state index >= 15 is 0 Å². The predicted octanol–water partition coefficient (Wildman–Crippen LogP) is 4.47. The van der Waals surface area contributed by atoms with E-state index in [1.54, 1.807) is 13.8 Å². The van der Waals surface area contributed by atoms with Crippen LogP contribution in [-0.4, -0.2) is 15.0 Å². The Kier molecular flexibility index (Phi) is 4.52. The molecule has 0 spiro atoms. The molecule has 130 valence electrons. The first kappa shape index (κ1) is 17.1. The number of hydrogen-bond donors (Lipinski definition) is 1. The van der Waals surface area contributed by atoms with E-state index in [1.165, 1.54) is 18.2 Å². The van der Waals surface area contributed by atoms with Crippen molar-refractivity contribution in [2.24, 2.45) is 0 Å². The van der Waals surface area contributed by atoms with Crippen molar-refractivity contribution in [1.29, 1.82) is 0 Å². The summed E-state index contributed by atoms with van der Waals surface area (Å²) < 4.78 is 53.3. The van der Waals surface area contributed by atoms with Crippen LogP contribution in [-0.2, 0) is 6.54 Å². The highest BCUT2D eigenvalue weighted by Crippen LogP contribution is 2.26. The number of rotatable bonds is 4. The number of fused-ring (bicyclic) bond motifs is 1. The molecule has 8 heteroatoms. The summed E-state index contributed by atoms with van der Waals surface area (Å²) >= 11 is 0. The molecule has 0 amide bonds. The second kappa shape index (κ2) is 6.62. The van der Waals surface area contributed by atoms with Gasteiger partial charge in [-0.2, -0.15) is 4.39 Å². The van der Waals surface area contributed by atoms with E-state index in [1.807, 2.05) is 0 Å². The number of nitrogens with zero attached hydrogens (tertiary/aromatic N) is 3. The molecule has 0 unspecified atom stereocenters. The van der Waals surface area contributed by atoms with Gasteiger partial charge in [0.05, 0.1) is 16.8 Å². The standard InChI is InChI=1S/C17H14F4N4/c1-8-15-12(6-13(18)23-8)17(25-9(2)24-15)22-7-10-4-3-5-11(14(10)19)16(20)21/h3-6,16H,7H2,1-2H3,(H,22,24,25). The summed E-state index contributed by atoms with van der Waals surface area (Å²) in [5.74, 6) is -0.947. The van der Waals surface area contributed by atoms with Crippen LogP contribution in [0.15, 0.2) is 24.3 Å². The molecular formula is C17H14F4N4. The zero-order valence-electron chi connectivity index (χ0n) is 13.4. The molecule has 0 bridgehead atoms. The highest BCUT2D eigenvalue weighted by atomic mass is 19.3. The fourth-order valence-corrected chi connectivity index (χ4v) is 2.58. The fraction of sp³-hybridized carbons (Fsp3) is 0.235. The van der Waals surface area contributed by atoms with Gasteiger partial charge in [-0.05, 0) is 13.8 Å². The van der Waals surface area contributed by atoms with E-state index in [-0.39, 0.29) is 17.9 Å². The minimum Gasteiger partial charge on any atom is -0.365 e. The summed E-state index contributed by atoms with van der Waals surface area (Å²) in [4.78, 5) is 12.2. The minimum absolute atomic E-state index is 0.0634. The summed E-state index contributed by atoms with van der Waals surface area (Å²) in [7, 11) is 0. The Bertz CT molecular complexity index is 944. The lowest BCUT2D eigenvalue weighted by atomic mass is 10.1. The quantitative estimate of drug-likeness (QED) is 0.557. The van der Waals surface area contributed by atoms with Gasteiger partial charge >= 0.3 is 0 Å². The monoisotopic (exact) mass is 350 g/mol. The summed E-state index contributed by atoms with van der Waals surface area (Å²) in [6.07, 6.45) is -2.90. The smallest absolute Gasteiger partial charge is 0.266 e. The van der Waals surface area contributed by atoms with Crippen molar-refractivity contribution in [3.8, 4) is 0 Å². The van der Waals surface area contributed by atoms with Crippen molar-refractivity contribution in [1.82, 2.24) is 15.0 Å². The summed E-state index contributed by atoms with van der Waals surface area (Å²) in [6, 6.07) is 4.98. The molecule has 3 aromatic rings. The Hall–Kier alpha value is -2.77. The number of anilines is 1. The van der Waals surface area contributed by atoms with Crippen molar-refractivity contribution in [3.05, 3.63) is 58.7 Å². The van der Waals surface area contributed by atoms with E-state index in [2.05, 4.69) is 20.3 Å². The molecule has 0 aliphatic rings. The van der Waals surface area contributed by atoms with Gasteiger partial charge in [0.1, 0.15) is 17.5 Å². The van der Waals surface area contributed by atoms with Crippen LogP contribution in [0.3, 0.4) is 0 Å². The van der Waals surface area contributed by atoms with E-state index in [9.17, 15) is 17.6 Å². The molecule has 0 atom stereocenters. The van der Waals surface area contributed by atoms with Crippen molar-refractivity contribution in [2.45, 2.75) is 26.8 Å². The first-order valence-electron chi connectivity index (χ1n) is 7.47. The van der Waals surface area contributed by atoms with Crippen molar-refractivity contribution in [3.63, 3.8) is 0 Å². The molecule has 0 fully saturated rings. The second-order valence-corrected chi connectivity index (χ2v) is 5.52. The lowest BCUT2D eigenvalue weighted by Gasteiger charge is -2.12. The number of halogens is 4. The van der Waals surface area contributed by atoms with Crippen LogP contribution in [0.4, 0.5) is 23.4 Å². The van der Waals surface area contributed by atoms with E-state index in [0.29, 0.717) is 22.4 Å². The minimum atomic E-state index is -2.90. The molecule has 2 aromatic heterocycles.